The number of hydrogen-bond acceptors (Lipinski definition) is 5. The zero-order chi connectivity index (χ0) is 18.3. The first-order chi connectivity index (χ1) is 12.4. The molecule has 1 aromatic carbocycles. The van der Waals surface area contributed by atoms with Gasteiger partial charge in [-0.2, -0.15) is 5.10 Å². The number of benzene rings is 1. The second-order valence-electron chi connectivity index (χ2n) is 6.61. The van der Waals surface area contributed by atoms with Gasteiger partial charge in [0.1, 0.15) is 17.2 Å². The summed E-state index contributed by atoms with van der Waals surface area (Å²) < 4.78 is 13.4. The molecule has 3 aromatic rings. The number of carbonyl (C=O) groups excluding carboxylic acids is 1. The van der Waals surface area contributed by atoms with Crippen LogP contribution in [-0.2, 0) is 7.05 Å². The highest BCUT2D eigenvalue weighted by Crippen LogP contribution is 2.33. The number of fused-ring (bicyclic) bond motifs is 1. The number of ether oxygens (including phenoxy) is 2. The number of hydrogen-bond donors (Lipinski definition) is 1. The number of aryl methyl sites for hydroxylation is 1. The summed E-state index contributed by atoms with van der Waals surface area (Å²) in [6.45, 7) is 3.60. The van der Waals surface area contributed by atoms with E-state index in [4.69, 9.17) is 9.47 Å². The number of carbonyl (C=O) groups is 1. The molecule has 0 fully saturated rings. The average Bonchev–Trinajstić information content (AvgIpc) is 3.01. The average molecular weight is 350 g/mol. The highest BCUT2D eigenvalue weighted by Gasteiger charge is 2.31. The molecule has 2 aromatic heterocycles. The van der Waals surface area contributed by atoms with Gasteiger partial charge in [0.05, 0.1) is 17.5 Å². The lowest BCUT2D eigenvalue weighted by molar-refractivity contribution is 0.0432. The maximum absolute atomic E-state index is 12.3. The third-order valence-electron chi connectivity index (χ3n) is 3.94. The molecule has 0 bridgehead atoms. The third kappa shape index (κ3) is 3.11. The molecule has 0 aliphatic carbocycles. The Hall–Kier alpha value is -3.35. The second-order valence-corrected chi connectivity index (χ2v) is 6.61. The Morgan fingerprint density at radius 1 is 1.19 bits per heavy atom. The van der Waals surface area contributed by atoms with E-state index in [2.05, 4.69) is 15.4 Å². The summed E-state index contributed by atoms with van der Waals surface area (Å²) in [6, 6.07) is 8.78. The number of nitrogens with one attached hydrogen (secondary N) is 1. The predicted octanol–water partition coefficient (Wildman–Crippen LogP) is 3.13. The minimum absolute atomic E-state index is 0.188. The van der Waals surface area contributed by atoms with Gasteiger partial charge in [0, 0.05) is 31.1 Å². The summed E-state index contributed by atoms with van der Waals surface area (Å²) in [6.07, 6.45) is 5.30. The first-order valence-electron chi connectivity index (χ1n) is 8.18. The molecule has 7 heteroatoms. The fraction of sp³-hybridized carbons (Fsp3) is 0.211. The van der Waals surface area contributed by atoms with Crippen LogP contribution >= 0.6 is 0 Å². The first kappa shape index (κ1) is 16.1. The Morgan fingerprint density at radius 3 is 2.77 bits per heavy atom. The van der Waals surface area contributed by atoms with Crippen molar-refractivity contribution in [1.82, 2.24) is 20.1 Å². The Balaban J connectivity index is 1.61. The van der Waals surface area contributed by atoms with Crippen LogP contribution in [0.1, 0.15) is 24.2 Å². The molecule has 1 aliphatic rings. The van der Waals surface area contributed by atoms with Crippen LogP contribution in [0.4, 0.5) is 0 Å². The van der Waals surface area contributed by atoms with Crippen LogP contribution in [0, 0.1) is 0 Å². The van der Waals surface area contributed by atoms with Crippen LogP contribution in [0.2, 0.25) is 0 Å². The van der Waals surface area contributed by atoms with Crippen LogP contribution in [0.15, 0.2) is 48.9 Å². The van der Waals surface area contributed by atoms with E-state index in [-0.39, 0.29) is 5.91 Å². The van der Waals surface area contributed by atoms with E-state index in [1.807, 2.05) is 19.3 Å². The van der Waals surface area contributed by atoms with E-state index >= 15 is 0 Å². The van der Waals surface area contributed by atoms with Gasteiger partial charge < -0.3 is 14.8 Å². The summed E-state index contributed by atoms with van der Waals surface area (Å²) in [5.41, 5.74) is 1.38. The molecule has 1 aliphatic heterocycles. The quantitative estimate of drug-likeness (QED) is 0.785. The molecular weight excluding hydrogens is 332 g/mol. The molecule has 4 rings (SSSR count). The largest absolute Gasteiger partial charge is 0.468 e. The molecule has 0 unspecified atom stereocenters. The Bertz CT molecular complexity index is 994. The highest BCUT2D eigenvalue weighted by atomic mass is 16.5. The van der Waals surface area contributed by atoms with Crippen LogP contribution < -0.4 is 14.8 Å². The minimum Gasteiger partial charge on any atom is -0.468 e. The van der Waals surface area contributed by atoms with Gasteiger partial charge in [-0.1, -0.05) is 0 Å². The molecule has 0 radical (unpaired) electrons. The predicted molar refractivity (Wildman–Crippen MR) is 95.1 cm³/mol. The normalized spacial score (nSPS) is 15.0. The van der Waals surface area contributed by atoms with E-state index in [9.17, 15) is 4.79 Å². The van der Waals surface area contributed by atoms with Gasteiger partial charge in [-0.25, -0.2) is 0 Å². The minimum atomic E-state index is -0.726. The van der Waals surface area contributed by atoms with Crippen molar-refractivity contribution in [3.63, 3.8) is 0 Å². The fourth-order valence-electron chi connectivity index (χ4n) is 2.80. The standard InChI is InChI=1S/C19H18N4O3/c1-19(2)22-18(24)15-8-13(4-5-17(15)26-19)25-14-6-7-20-16(9-14)12-10-21-23(3)11-12/h4-11H,1-3H3,(H,22,24). The fourth-order valence-corrected chi connectivity index (χ4v) is 2.80. The summed E-state index contributed by atoms with van der Waals surface area (Å²) in [5.74, 6) is 1.52. The van der Waals surface area contributed by atoms with Gasteiger partial charge in [0.25, 0.3) is 5.91 Å². The smallest absolute Gasteiger partial charge is 0.258 e. The molecule has 3 heterocycles. The zero-order valence-corrected chi connectivity index (χ0v) is 14.7. The van der Waals surface area contributed by atoms with Crippen LogP contribution in [0.25, 0.3) is 11.3 Å². The van der Waals surface area contributed by atoms with Crippen molar-refractivity contribution >= 4 is 5.91 Å². The molecule has 132 valence electrons. The zero-order valence-electron chi connectivity index (χ0n) is 14.7. The van der Waals surface area contributed by atoms with E-state index in [0.717, 1.165) is 11.3 Å². The first-order valence-corrected chi connectivity index (χ1v) is 8.18. The monoisotopic (exact) mass is 350 g/mol. The van der Waals surface area contributed by atoms with E-state index < -0.39 is 5.72 Å². The van der Waals surface area contributed by atoms with Gasteiger partial charge in [0.2, 0.25) is 0 Å². The second kappa shape index (κ2) is 5.87. The van der Waals surface area contributed by atoms with Gasteiger partial charge in [0.15, 0.2) is 5.72 Å². The molecule has 7 nitrogen and oxygen atoms in total. The van der Waals surface area contributed by atoms with Crippen LogP contribution in [-0.4, -0.2) is 26.4 Å². The summed E-state index contributed by atoms with van der Waals surface area (Å²) in [4.78, 5) is 16.6. The van der Waals surface area contributed by atoms with Gasteiger partial charge >= 0.3 is 0 Å². The van der Waals surface area contributed by atoms with Crippen molar-refractivity contribution in [3.8, 4) is 28.5 Å². The molecule has 1 amide bonds. The number of nitrogens with zero attached hydrogens (tertiary/aromatic N) is 3. The lowest BCUT2D eigenvalue weighted by atomic mass is 10.1. The SMILES string of the molecule is Cn1cc(-c2cc(Oc3ccc4c(c3)C(=O)NC(C)(C)O4)ccn2)cn1. The van der Waals surface area contributed by atoms with Crippen molar-refractivity contribution in [1.29, 1.82) is 0 Å². The van der Waals surface area contributed by atoms with E-state index in [0.29, 0.717) is 22.8 Å². The lowest BCUT2D eigenvalue weighted by Gasteiger charge is -2.33. The summed E-state index contributed by atoms with van der Waals surface area (Å²) in [7, 11) is 1.85. The van der Waals surface area contributed by atoms with Crippen molar-refractivity contribution in [2.45, 2.75) is 19.6 Å². The molecule has 1 N–H and O–H groups in total. The molecule has 0 spiro atoms. The topological polar surface area (TPSA) is 78.3 Å². The van der Waals surface area contributed by atoms with Gasteiger partial charge in [-0.3, -0.25) is 14.5 Å². The number of aromatic nitrogens is 3. The summed E-state index contributed by atoms with van der Waals surface area (Å²) >= 11 is 0. The van der Waals surface area contributed by atoms with Gasteiger partial charge in [-0.15, -0.1) is 0 Å². The molecular formula is C19H18N4O3. The van der Waals surface area contributed by atoms with Crippen molar-refractivity contribution in [2.75, 3.05) is 0 Å². The van der Waals surface area contributed by atoms with Gasteiger partial charge in [-0.05, 0) is 38.1 Å². The van der Waals surface area contributed by atoms with Crippen LogP contribution in [0.5, 0.6) is 17.2 Å². The third-order valence-corrected chi connectivity index (χ3v) is 3.94. The number of amides is 1. The van der Waals surface area contributed by atoms with Crippen molar-refractivity contribution in [2.24, 2.45) is 7.05 Å². The van der Waals surface area contributed by atoms with E-state index in [1.165, 1.54) is 0 Å². The molecule has 26 heavy (non-hydrogen) atoms. The number of pyridine rings is 1. The lowest BCUT2D eigenvalue weighted by Crippen LogP contribution is -2.51. The Morgan fingerprint density at radius 2 is 2.00 bits per heavy atom. The molecule has 0 saturated carbocycles. The van der Waals surface area contributed by atoms with Crippen molar-refractivity contribution in [3.05, 3.63) is 54.5 Å². The maximum Gasteiger partial charge on any atom is 0.258 e. The Kier molecular flexibility index (Phi) is 3.64. The summed E-state index contributed by atoms with van der Waals surface area (Å²) in [5, 5.41) is 6.95. The number of rotatable bonds is 3. The molecule has 0 saturated heterocycles. The maximum atomic E-state index is 12.3. The molecule has 0 atom stereocenters. The van der Waals surface area contributed by atoms with Crippen LogP contribution in [0.3, 0.4) is 0 Å². The highest BCUT2D eigenvalue weighted by molar-refractivity contribution is 5.98. The Labute approximate surface area is 150 Å². The van der Waals surface area contributed by atoms with Crippen molar-refractivity contribution < 1.29 is 14.3 Å². The van der Waals surface area contributed by atoms with E-state index in [1.54, 1.807) is 55.2 Å².